The lowest BCUT2D eigenvalue weighted by Gasteiger charge is -2.09. The van der Waals surface area contributed by atoms with Crippen LogP contribution in [0.4, 0.5) is 0 Å². The molecule has 0 rings (SSSR count). The van der Waals surface area contributed by atoms with E-state index in [0.717, 1.165) is 25.1 Å². The fraction of sp³-hybridized carbons (Fsp3) is 0.667. The summed E-state index contributed by atoms with van der Waals surface area (Å²) in [7, 11) is 0. The third-order valence-electron chi connectivity index (χ3n) is 1.66. The largest absolute Gasteiger partial charge is 0.478 e. The third kappa shape index (κ3) is 3.42. The molecule has 0 radical (unpaired) electrons. The quantitative estimate of drug-likeness (QED) is 0.619. The van der Waals surface area contributed by atoms with Crippen LogP contribution in [0.25, 0.3) is 0 Å². The zero-order chi connectivity index (χ0) is 9.56. The number of hydrogen-bond acceptors (Lipinski definition) is 2. The van der Waals surface area contributed by atoms with E-state index in [1.165, 1.54) is 0 Å². The van der Waals surface area contributed by atoms with E-state index in [-0.39, 0.29) is 0 Å². The maximum absolute atomic E-state index is 10.6. The Bertz CT molecular complexity index is 177. The average Bonchev–Trinajstić information content (AvgIpc) is 2.03. The molecule has 3 nitrogen and oxygen atoms in total. The van der Waals surface area contributed by atoms with Crippen molar-refractivity contribution in [2.45, 2.75) is 33.6 Å². The molecule has 0 aromatic heterocycles. The van der Waals surface area contributed by atoms with Crippen molar-refractivity contribution in [3.8, 4) is 0 Å². The van der Waals surface area contributed by atoms with Crippen molar-refractivity contribution in [2.75, 3.05) is 6.54 Å². The molecule has 0 atom stereocenters. The van der Waals surface area contributed by atoms with Crippen LogP contribution >= 0.6 is 0 Å². The Hall–Kier alpha value is -0.990. The molecular formula is C9H17NO2. The molecule has 0 saturated heterocycles. The summed E-state index contributed by atoms with van der Waals surface area (Å²) in [5.74, 6) is -0.834. The van der Waals surface area contributed by atoms with Crippen LogP contribution in [0.1, 0.15) is 33.6 Å². The first-order chi connectivity index (χ1) is 5.63. The molecule has 0 spiro atoms. The van der Waals surface area contributed by atoms with Crippen LogP contribution in [0.5, 0.6) is 0 Å². The summed E-state index contributed by atoms with van der Waals surface area (Å²) in [5.41, 5.74) is 1.28. The van der Waals surface area contributed by atoms with E-state index in [2.05, 4.69) is 5.32 Å². The minimum Gasteiger partial charge on any atom is -0.478 e. The normalized spacial score (nSPS) is 12.2. The summed E-state index contributed by atoms with van der Waals surface area (Å²) in [5, 5.41) is 11.8. The first kappa shape index (κ1) is 11.0. The Labute approximate surface area is 73.5 Å². The molecule has 0 saturated carbocycles. The Kier molecular flexibility index (Phi) is 5.17. The van der Waals surface area contributed by atoms with Gasteiger partial charge in [0.25, 0.3) is 0 Å². The maximum atomic E-state index is 10.6. The summed E-state index contributed by atoms with van der Waals surface area (Å²) in [4.78, 5) is 10.6. The SMILES string of the molecule is CCC/C(NCC)=C(/C)C(=O)O. The van der Waals surface area contributed by atoms with Gasteiger partial charge in [0.2, 0.25) is 0 Å². The number of carboxylic acid groups (broad SMARTS) is 1. The van der Waals surface area contributed by atoms with Crippen molar-refractivity contribution in [1.29, 1.82) is 0 Å². The minimum absolute atomic E-state index is 0.429. The number of carboxylic acids is 1. The number of rotatable bonds is 5. The van der Waals surface area contributed by atoms with Gasteiger partial charge in [0.1, 0.15) is 0 Å². The van der Waals surface area contributed by atoms with E-state index in [1.54, 1.807) is 6.92 Å². The fourth-order valence-corrected chi connectivity index (χ4v) is 1.00. The summed E-state index contributed by atoms with van der Waals surface area (Å²) in [6.07, 6.45) is 1.78. The molecule has 0 heterocycles. The Morgan fingerprint density at radius 1 is 1.42 bits per heavy atom. The minimum atomic E-state index is -0.834. The number of carbonyl (C=O) groups is 1. The van der Waals surface area contributed by atoms with E-state index in [4.69, 9.17) is 5.11 Å². The zero-order valence-corrected chi connectivity index (χ0v) is 7.98. The first-order valence-corrected chi connectivity index (χ1v) is 4.30. The van der Waals surface area contributed by atoms with Crippen LogP contribution in [0.2, 0.25) is 0 Å². The highest BCUT2D eigenvalue weighted by atomic mass is 16.4. The lowest BCUT2D eigenvalue weighted by molar-refractivity contribution is -0.132. The van der Waals surface area contributed by atoms with E-state index < -0.39 is 5.97 Å². The molecule has 0 aromatic carbocycles. The van der Waals surface area contributed by atoms with Gasteiger partial charge in [0.15, 0.2) is 0 Å². The summed E-state index contributed by atoms with van der Waals surface area (Å²) >= 11 is 0. The second-order valence-electron chi connectivity index (χ2n) is 2.69. The van der Waals surface area contributed by atoms with Crippen molar-refractivity contribution in [3.05, 3.63) is 11.3 Å². The molecule has 0 fully saturated rings. The third-order valence-corrected chi connectivity index (χ3v) is 1.66. The monoisotopic (exact) mass is 171 g/mol. The van der Waals surface area contributed by atoms with Crippen molar-refractivity contribution in [1.82, 2.24) is 5.32 Å². The predicted octanol–water partition coefficient (Wildman–Crippen LogP) is 1.75. The van der Waals surface area contributed by atoms with Gasteiger partial charge in [-0.25, -0.2) is 4.79 Å². The maximum Gasteiger partial charge on any atom is 0.333 e. The number of hydrogen-bond donors (Lipinski definition) is 2. The Balaban J connectivity index is 4.43. The first-order valence-electron chi connectivity index (χ1n) is 4.30. The van der Waals surface area contributed by atoms with Crippen LogP contribution in [0.3, 0.4) is 0 Å². The van der Waals surface area contributed by atoms with E-state index in [1.807, 2.05) is 13.8 Å². The van der Waals surface area contributed by atoms with Gasteiger partial charge in [-0.1, -0.05) is 13.3 Å². The molecule has 2 N–H and O–H groups in total. The van der Waals surface area contributed by atoms with Gasteiger partial charge in [0, 0.05) is 12.2 Å². The zero-order valence-electron chi connectivity index (χ0n) is 7.98. The molecule has 0 aliphatic heterocycles. The summed E-state index contributed by atoms with van der Waals surface area (Å²) < 4.78 is 0. The molecule has 70 valence electrons. The van der Waals surface area contributed by atoms with Gasteiger partial charge >= 0.3 is 5.97 Å². The summed E-state index contributed by atoms with van der Waals surface area (Å²) in [6.45, 7) is 6.41. The molecule has 0 aliphatic rings. The molecule has 3 heteroatoms. The van der Waals surface area contributed by atoms with Crippen molar-refractivity contribution < 1.29 is 9.90 Å². The van der Waals surface area contributed by atoms with Crippen LogP contribution in [-0.4, -0.2) is 17.6 Å². The van der Waals surface area contributed by atoms with Gasteiger partial charge in [-0.15, -0.1) is 0 Å². The standard InChI is InChI=1S/C9H17NO2/c1-4-6-8(10-5-2)7(3)9(11)12/h10H,4-6H2,1-3H3,(H,11,12)/b8-7+. The second kappa shape index (κ2) is 5.63. The molecule has 0 aromatic rings. The van der Waals surface area contributed by atoms with Crippen molar-refractivity contribution >= 4 is 5.97 Å². The lowest BCUT2D eigenvalue weighted by Crippen LogP contribution is -2.16. The molecule has 0 amide bonds. The van der Waals surface area contributed by atoms with Gasteiger partial charge < -0.3 is 10.4 Å². The molecule has 12 heavy (non-hydrogen) atoms. The topological polar surface area (TPSA) is 49.3 Å². The molecule has 0 aliphatic carbocycles. The number of allylic oxidation sites excluding steroid dienone is 1. The average molecular weight is 171 g/mol. The van der Waals surface area contributed by atoms with Crippen LogP contribution in [0.15, 0.2) is 11.3 Å². The van der Waals surface area contributed by atoms with Gasteiger partial charge in [-0.2, -0.15) is 0 Å². The number of aliphatic carboxylic acids is 1. The second-order valence-corrected chi connectivity index (χ2v) is 2.69. The highest BCUT2D eigenvalue weighted by Crippen LogP contribution is 2.07. The van der Waals surface area contributed by atoms with Gasteiger partial charge in [0.05, 0.1) is 5.57 Å². The van der Waals surface area contributed by atoms with Crippen molar-refractivity contribution in [2.24, 2.45) is 0 Å². The van der Waals surface area contributed by atoms with Crippen molar-refractivity contribution in [3.63, 3.8) is 0 Å². The van der Waals surface area contributed by atoms with Crippen LogP contribution < -0.4 is 5.32 Å². The smallest absolute Gasteiger partial charge is 0.333 e. The Morgan fingerprint density at radius 2 is 2.00 bits per heavy atom. The Morgan fingerprint density at radius 3 is 2.33 bits per heavy atom. The molecule has 0 unspecified atom stereocenters. The molecule has 0 bridgehead atoms. The van der Waals surface area contributed by atoms with E-state index >= 15 is 0 Å². The highest BCUT2D eigenvalue weighted by molar-refractivity contribution is 5.86. The lowest BCUT2D eigenvalue weighted by atomic mass is 10.1. The van der Waals surface area contributed by atoms with Gasteiger partial charge in [-0.05, 0) is 20.3 Å². The van der Waals surface area contributed by atoms with Gasteiger partial charge in [-0.3, -0.25) is 0 Å². The predicted molar refractivity (Wildman–Crippen MR) is 48.9 cm³/mol. The summed E-state index contributed by atoms with van der Waals surface area (Å²) in [6, 6.07) is 0. The molecular weight excluding hydrogens is 154 g/mol. The fourth-order valence-electron chi connectivity index (χ4n) is 1.00. The highest BCUT2D eigenvalue weighted by Gasteiger charge is 2.06. The van der Waals surface area contributed by atoms with E-state index in [9.17, 15) is 4.79 Å². The van der Waals surface area contributed by atoms with Crippen LogP contribution in [-0.2, 0) is 4.79 Å². The van der Waals surface area contributed by atoms with E-state index in [0.29, 0.717) is 5.57 Å². The van der Waals surface area contributed by atoms with Crippen LogP contribution in [0, 0.1) is 0 Å². The number of nitrogens with one attached hydrogen (secondary N) is 1.